The molecule has 0 radical (unpaired) electrons. The molecule has 0 aliphatic carbocycles. The fourth-order valence-electron chi connectivity index (χ4n) is 4.67. The van der Waals surface area contributed by atoms with E-state index in [-0.39, 0.29) is 42.1 Å². The summed E-state index contributed by atoms with van der Waals surface area (Å²) in [7, 11) is 0. The van der Waals surface area contributed by atoms with E-state index in [4.69, 9.17) is 0 Å². The second-order valence-electron chi connectivity index (χ2n) is 8.86. The molecule has 0 bridgehead atoms. The molecule has 168 valence electrons. The van der Waals surface area contributed by atoms with Gasteiger partial charge in [-0.25, -0.2) is 0 Å². The summed E-state index contributed by atoms with van der Waals surface area (Å²) in [5.74, 6) is -0.197. The molecule has 0 spiro atoms. The third-order valence-electron chi connectivity index (χ3n) is 6.67. The highest BCUT2D eigenvalue weighted by Gasteiger charge is 2.37. The van der Waals surface area contributed by atoms with Gasteiger partial charge in [0.2, 0.25) is 17.7 Å². The number of nitrogens with zero attached hydrogens (tertiary/aromatic N) is 2. The Morgan fingerprint density at radius 2 is 1.62 bits per heavy atom. The van der Waals surface area contributed by atoms with E-state index in [1.165, 1.54) is 0 Å². The Morgan fingerprint density at radius 3 is 2.28 bits per heavy atom. The van der Waals surface area contributed by atoms with Crippen molar-refractivity contribution in [1.82, 2.24) is 15.1 Å². The quantitative estimate of drug-likeness (QED) is 0.762. The summed E-state index contributed by atoms with van der Waals surface area (Å²) >= 11 is 0. The van der Waals surface area contributed by atoms with Crippen molar-refractivity contribution in [3.63, 3.8) is 0 Å². The Bertz CT molecular complexity index is 939. The lowest BCUT2D eigenvalue weighted by molar-refractivity contribution is -0.132. The van der Waals surface area contributed by atoms with Crippen molar-refractivity contribution >= 4 is 17.7 Å². The topological polar surface area (TPSA) is 69.7 Å². The number of benzene rings is 2. The molecule has 3 amide bonds. The van der Waals surface area contributed by atoms with Gasteiger partial charge in [0.15, 0.2) is 0 Å². The second-order valence-corrected chi connectivity index (χ2v) is 8.86. The number of likely N-dealkylation sites (tertiary alicyclic amines) is 2. The predicted molar refractivity (Wildman–Crippen MR) is 123 cm³/mol. The lowest BCUT2D eigenvalue weighted by atomic mass is 10.0. The highest BCUT2D eigenvalue weighted by atomic mass is 16.2. The van der Waals surface area contributed by atoms with Crippen molar-refractivity contribution in [3.8, 4) is 0 Å². The first-order valence-corrected chi connectivity index (χ1v) is 11.5. The van der Waals surface area contributed by atoms with Crippen molar-refractivity contribution in [2.75, 3.05) is 19.6 Å². The van der Waals surface area contributed by atoms with Crippen LogP contribution >= 0.6 is 0 Å². The van der Waals surface area contributed by atoms with Crippen LogP contribution in [-0.4, -0.2) is 53.2 Å². The van der Waals surface area contributed by atoms with Crippen LogP contribution in [0.4, 0.5) is 0 Å². The number of hydrogen-bond acceptors (Lipinski definition) is 3. The summed E-state index contributed by atoms with van der Waals surface area (Å²) in [5.41, 5.74) is 2.10. The minimum absolute atomic E-state index is 0.0304. The van der Waals surface area contributed by atoms with Crippen molar-refractivity contribution in [2.45, 2.75) is 44.7 Å². The van der Waals surface area contributed by atoms with Gasteiger partial charge in [0.25, 0.3) is 0 Å². The molecule has 2 aromatic carbocycles. The average molecular weight is 434 g/mol. The van der Waals surface area contributed by atoms with Gasteiger partial charge < -0.3 is 15.1 Å². The van der Waals surface area contributed by atoms with E-state index in [1.54, 1.807) is 0 Å². The molecule has 2 fully saturated rings. The molecule has 2 aliphatic heterocycles. The van der Waals surface area contributed by atoms with Crippen molar-refractivity contribution < 1.29 is 14.4 Å². The SMILES string of the molecule is CC(c1ccccc1)N1CC(C(=O)NC2CCN(C(=O)Cc3ccccc3)CC2)CC1=O. The molecular weight excluding hydrogens is 402 g/mol. The normalized spacial score (nSPS) is 20.3. The van der Waals surface area contributed by atoms with E-state index >= 15 is 0 Å². The molecule has 2 aromatic rings. The molecule has 2 saturated heterocycles. The number of rotatable bonds is 6. The molecule has 0 aromatic heterocycles. The molecule has 2 atom stereocenters. The average Bonchev–Trinajstić information content (AvgIpc) is 3.22. The molecule has 32 heavy (non-hydrogen) atoms. The van der Waals surface area contributed by atoms with Crippen LogP contribution in [0, 0.1) is 5.92 Å². The molecule has 2 unspecified atom stereocenters. The van der Waals surface area contributed by atoms with E-state index < -0.39 is 0 Å². The molecule has 4 rings (SSSR count). The Kier molecular flexibility index (Phi) is 6.88. The number of piperidine rings is 1. The summed E-state index contributed by atoms with van der Waals surface area (Å²) in [6.45, 7) is 3.76. The predicted octanol–water partition coefficient (Wildman–Crippen LogP) is 2.95. The highest BCUT2D eigenvalue weighted by molar-refractivity contribution is 5.89. The third-order valence-corrected chi connectivity index (χ3v) is 6.67. The first-order chi connectivity index (χ1) is 15.5. The number of carbonyl (C=O) groups excluding carboxylic acids is 3. The van der Waals surface area contributed by atoms with Crippen molar-refractivity contribution in [3.05, 3.63) is 71.8 Å². The maximum absolute atomic E-state index is 12.8. The van der Waals surface area contributed by atoms with Gasteiger partial charge in [-0.1, -0.05) is 60.7 Å². The van der Waals surface area contributed by atoms with E-state index in [0.29, 0.717) is 26.1 Å². The fourth-order valence-corrected chi connectivity index (χ4v) is 4.67. The standard InChI is InChI=1S/C26H31N3O3/c1-19(21-10-6-3-7-11-21)29-18-22(17-25(29)31)26(32)27-23-12-14-28(15-13-23)24(30)16-20-8-4-2-5-9-20/h2-11,19,22-23H,12-18H2,1H3,(H,27,32). The third kappa shape index (κ3) is 5.18. The van der Waals surface area contributed by atoms with Crippen LogP contribution in [0.2, 0.25) is 0 Å². The number of amides is 3. The molecule has 2 aliphatic rings. The van der Waals surface area contributed by atoms with E-state index in [2.05, 4.69) is 5.32 Å². The summed E-state index contributed by atoms with van der Waals surface area (Å²) in [6.07, 6.45) is 2.17. The molecule has 2 heterocycles. The number of hydrogen-bond donors (Lipinski definition) is 1. The summed E-state index contributed by atoms with van der Waals surface area (Å²) < 4.78 is 0. The molecule has 6 heteroatoms. The minimum atomic E-state index is -0.314. The van der Waals surface area contributed by atoms with E-state index in [0.717, 1.165) is 24.0 Å². The van der Waals surface area contributed by atoms with E-state index in [9.17, 15) is 14.4 Å². The van der Waals surface area contributed by atoms with Crippen molar-refractivity contribution in [1.29, 1.82) is 0 Å². The maximum Gasteiger partial charge on any atom is 0.226 e. The van der Waals surface area contributed by atoms with Gasteiger partial charge >= 0.3 is 0 Å². The number of nitrogens with one attached hydrogen (secondary N) is 1. The number of carbonyl (C=O) groups is 3. The zero-order valence-electron chi connectivity index (χ0n) is 18.6. The Labute approximate surface area is 189 Å². The summed E-state index contributed by atoms with van der Waals surface area (Å²) in [4.78, 5) is 41.7. The highest BCUT2D eigenvalue weighted by Crippen LogP contribution is 2.28. The van der Waals surface area contributed by atoms with Gasteiger partial charge in [-0.3, -0.25) is 14.4 Å². The molecule has 1 N–H and O–H groups in total. The largest absolute Gasteiger partial charge is 0.353 e. The van der Waals surface area contributed by atoms with Gasteiger partial charge in [-0.2, -0.15) is 0 Å². The van der Waals surface area contributed by atoms with Crippen LogP contribution in [0.5, 0.6) is 0 Å². The lowest BCUT2D eigenvalue weighted by Crippen LogP contribution is -2.48. The zero-order valence-corrected chi connectivity index (χ0v) is 18.6. The van der Waals surface area contributed by atoms with Gasteiger partial charge in [-0.05, 0) is 30.9 Å². The first-order valence-electron chi connectivity index (χ1n) is 11.5. The van der Waals surface area contributed by atoms with E-state index in [1.807, 2.05) is 77.4 Å². The maximum atomic E-state index is 12.8. The fraction of sp³-hybridized carbons (Fsp3) is 0.423. The second kappa shape index (κ2) is 9.98. The Hall–Kier alpha value is -3.15. The van der Waals surface area contributed by atoms with Crippen LogP contribution in [0.15, 0.2) is 60.7 Å². The van der Waals surface area contributed by atoms with Crippen LogP contribution < -0.4 is 5.32 Å². The van der Waals surface area contributed by atoms with Crippen LogP contribution in [0.25, 0.3) is 0 Å². The monoisotopic (exact) mass is 433 g/mol. The van der Waals surface area contributed by atoms with Gasteiger partial charge in [-0.15, -0.1) is 0 Å². The van der Waals surface area contributed by atoms with Crippen LogP contribution in [0.1, 0.15) is 43.4 Å². The van der Waals surface area contributed by atoms with Gasteiger partial charge in [0.05, 0.1) is 18.4 Å². The van der Waals surface area contributed by atoms with Gasteiger partial charge in [0.1, 0.15) is 0 Å². The van der Waals surface area contributed by atoms with Crippen LogP contribution in [-0.2, 0) is 20.8 Å². The smallest absolute Gasteiger partial charge is 0.226 e. The Balaban J connectivity index is 1.24. The molecular formula is C26H31N3O3. The first kappa shape index (κ1) is 22.1. The zero-order chi connectivity index (χ0) is 22.5. The molecule has 0 saturated carbocycles. The van der Waals surface area contributed by atoms with Crippen LogP contribution in [0.3, 0.4) is 0 Å². The van der Waals surface area contributed by atoms with Gasteiger partial charge in [0, 0.05) is 32.1 Å². The van der Waals surface area contributed by atoms with Crippen molar-refractivity contribution in [2.24, 2.45) is 5.92 Å². The lowest BCUT2D eigenvalue weighted by Gasteiger charge is -2.33. The Morgan fingerprint density at radius 1 is 1.00 bits per heavy atom. The molecule has 6 nitrogen and oxygen atoms in total. The minimum Gasteiger partial charge on any atom is -0.353 e. The summed E-state index contributed by atoms with van der Waals surface area (Å²) in [6, 6.07) is 19.7. The summed E-state index contributed by atoms with van der Waals surface area (Å²) in [5, 5.41) is 3.13.